The average Bonchev–Trinajstić information content (AvgIpc) is 2.78. The molecule has 3 rings (SSSR count). The number of aromatic nitrogens is 2. The molecule has 0 saturated carbocycles. The molecule has 2 aliphatic heterocycles. The van der Waals surface area contributed by atoms with Gasteiger partial charge in [-0.25, -0.2) is 23.2 Å². The van der Waals surface area contributed by atoms with Gasteiger partial charge in [-0.2, -0.15) is 9.56 Å². The molecule has 0 unspecified atom stereocenters. The van der Waals surface area contributed by atoms with Crippen molar-refractivity contribution in [3.8, 4) is 0 Å². The van der Waals surface area contributed by atoms with E-state index in [-0.39, 0.29) is 25.9 Å². The third-order valence-corrected chi connectivity index (χ3v) is 8.25. The summed E-state index contributed by atoms with van der Waals surface area (Å²) in [4.78, 5) is 28.7. The van der Waals surface area contributed by atoms with E-state index in [9.17, 15) is 13.2 Å². The van der Waals surface area contributed by atoms with Crippen LogP contribution in [-0.2, 0) is 24.4 Å². The lowest BCUT2D eigenvalue weighted by atomic mass is 9.96. The number of nitrogens with zero attached hydrogens (tertiary/aromatic N) is 5. The van der Waals surface area contributed by atoms with Gasteiger partial charge >= 0.3 is 5.97 Å². The molecular formula is C17H27N5O6S. The second-order valence-corrected chi connectivity index (χ2v) is 9.40. The van der Waals surface area contributed by atoms with Crippen molar-refractivity contribution in [1.29, 1.82) is 0 Å². The highest BCUT2D eigenvalue weighted by atomic mass is 32.2. The number of rotatable bonds is 7. The van der Waals surface area contributed by atoms with Gasteiger partial charge in [0.1, 0.15) is 0 Å². The Kier molecular flexibility index (Phi) is 7.01. The minimum Gasteiger partial charge on any atom is -0.383 e. The molecule has 2 fully saturated rings. The number of piperazine rings is 1. The first kappa shape index (κ1) is 21.8. The normalized spacial score (nSPS) is 21.1. The number of sulfonamides is 1. The third kappa shape index (κ3) is 4.36. The second-order valence-electron chi connectivity index (χ2n) is 7.15. The molecule has 29 heavy (non-hydrogen) atoms. The molecule has 0 bridgehead atoms. The van der Waals surface area contributed by atoms with Gasteiger partial charge in [0.2, 0.25) is 16.0 Å². The molecule has 3 heterocycles. The first-order valence-corrected chi connectivity index (χ1v) is 11.0. The highest BCUT2D eigenvalue weighted by molar-refractivity contribution is 7.91. The summed E-state index contributed by atoms with van der Waals surface area (Å²) >= 11 is 0. The third-order valence-electron chi connectivity index (χ3n) is 5.64. The van der Waals surface area contributed by atoms with Crippen LogP contribution >= 0.6 is 0 Å². The number of methoxy groups -OCH3 is 1. The lowest BCUT2D eigenvalue weighted by Gasteiger charge is -2.43. The standard InChI is InChI=1S/C17H27N5O6S/c1-27-14-13-20-7-3-17(4-8-20,15(23)28-24)29(25,26)22-11-9-21(10-12-22)16-18-5-2-6-19-16/h2,5-6,24H,3-4,7-14H2,1H3. The van der Waals surface area contributed by atoms with Gasteiger partial charge in [-0.05, 0) is 18.9 Å². The molecule has 1 aromatic rings. The molecular weight excluding hydrogens is 402 g/mol. The summed E-state index contributed by atoms with van der Waals surface area (Å²) in [5.74, 6) is -0.571. The maximum Gasteiger partial charge on any atom is 0.364 e. The van der Waals surface area contributed by atoms with Crippen LogP contribution in [-0.4, -0.2) is 103 Å². The number of hydrogen-bond acceptors (Lipinski definition) is 10. The van der Waals surface area contributed by atoms with Crippen molar-refractivity contribution in [2.24, 2.45) is 0 Å². The topological polar surface area (TPSA) is 125 Å². The smallest absolute Gasteiger partial charge is 0.364 e. The Labute approximate surface area is 170 Å². The number of carbonyl (C=O) groups is 1. The molecule has 1 aromatic heterocycles. The lowest BCUT2D eigenvalue weighted by molar-refractivity contribution is -0.238. The van der Waals surface area contributed by atoms with Crippen molar-refractivity contribution in [3.63, 3.8) is 0 Å². The molecule has 2 saturated heterocycles. The molecule has 0 spiro atoms. The molecule has 0 atom stereocenters. The fourth-order valence-electron chi connectivity index (χ4n) is 3.84. The zero-order valence-corrected chi connectivity index (χ0v) is 17.3. The summed E-state index contributed by atoms with van der Waals surface area (Å²) in [5, 5.41) is 9.02. The van der Waals surface area contributed by atoms with E-state index in [1.807, 2.05) is 9.80 Å². The van der Waals surface area contributed by atoms with Gasteiger partial charge in [-0.15, -0.1) is 0 Å². The molecule has 0 radical (unpaired) electrons. The van der Waals surface area contributed by atoms with Gasteiger partial charge < -0.3 is 14.5 Å². The van der Waals surface area contributed by atoms with Crippen LogP contribution in [0.3, 0.4) is 0 Å². The van der Waals surface area contributed by atoms with Crippen molar-refractivity contribution in [3.05, 3.63) is 18.5 Å². The van der Waals surface area contributed by atoms with Gasteiger partial charge in [-0.3, -0.25) is 4.89 Å². The van der Waals surface area contributed by atoms with E-state index >= 15 is 0 Å². The van der Waals surface area contributed by atoms with Crippen molar-refractivity contribution in [2.45, 2.75) is 17.6 Å². The highest BCUT2D eigenvalue weighted by Crippen LogP contribution is 2.35. The minimum absolute atomic E-state index is 0.0560. The van der Waals surface area contributed by atoms with Crippen molar-refractivity contribution in [2.75, 3.05) is 64.4 Å². The summed E-state index contributed by atoms with van der Waals surface area (Å²) < 4.78 is 31.5. The SMILES string of the molecule is COCCN1CCC(C(=O)OO)(S(=O)(=O)N2CCN(c3ncccn3)CC2)CC1. The van der Waals surface area contributed by atoms with E-state index in [2.05, 4.69) is 14.9 Å². The number of ether oxygens (including phenoxy) is 1. The monoisotopic (exact) mass is 429 g/mol. The summed E-state index contributed by atoms with van der Waals surface area (Å²) in [7, 11) is -2.44. The average molecular weight is 429 g/mol. The Morgan fingerprint density at radius 1 is 1.14 bits per heavy atom. The van der Waals surface area contributed by atoms with Crippen molar-refractivity contribution in [1.82, 2.24) is 19.2 Å². The molecule has 1 N–H and O–H groups in total. The van der Waals surface area contributed by atoms with Gasteiger partial charge in [0.05, 0.1) is 6.61 Å². The van der Waals surface area contributed by atoms with E-state index in [0.717, 1.165) is 0 Å². The van der Waals surface area contributed by atoms with Crippen LogP contribution in [0.1, 0.15) is 12.8 Å². The summed E-state index contributed by atoms with van der Waals surface area (Å²) in [5.41, 5.74) is 0. The molecule has 0 amide bonds. The van der Waals surface area contributed by atoms with Gasteiger partial charge in [0, 0.05) is 65.3 Å². The minimum atomic E-state index is -4.03. The van der Waals surface area contributed by atoms with Gasteiger partial charge in [-0.1, -0.05) is 0 Å². The summed E-state index contributed by atoms with van der Waals surface area (Å²) in [6.45, 7) is 3.19. The van der Waals surface area contributed by atoms with E-state index < -0.39 is 20.7 Å². The number of likely N-dealkylation sites (tertiary alicyclic amines) is 1. The summed E-state index contributed by atoms with van der Waals surface area (Å²) in [6, 6.07) is 1.72. The predicted molar refractivity (Wildman–Crippen MR) is 104 cm³/mol. The molecule has 2 aliphatic rings. The quantitative estimate of drug-likeness (QED) is 0.445. The highest BCUT2D eigenvalue weighted by Gasteiger charge is 2.56. The van der Waals surface area contributed by atoms with Crippen LogP contribution in [0.4, 0.5) is 5.95 Å². The van der Waals surface area contributed by atoms with Crippen molar-refractivity contribution >= 4 is 21.9 Å². The van der Waals surface area contributed by atoms with E-state index in [1.54, 1.807) is 25.6 Å². The first-order valence-electron chi connectivity index (χ1n) is 9.53. The Hall–Kier alpha value is -1.86. The fourth-order valence-corrected chi connectivity index (χ4v) is 5.92. The largest absolute Gasteiger partial charge is 0.383 e. The van der Waals surface area contributed by atoms with Crippen LogP contribution in [0.15, 0.2) is 18.5 Å². The molecule has 0 aromatic carbocycles. The zero-order valence-electron chi connectivity index (χ0n) is 16.4. The van der Waals surface area contributed by atoms with E-state index in [1.165, 1.54) is 4.31 Å². The van der Waals surface area contributed by atoms with Crippen LogP contribution < -0.4 is 4.90 Å². The number of carbonyl (C=O) groups excluding carboxylic acids is 1. The van der Waals surface area contributed by atoms with Crippen LogP contribution in [0.25, 0.3) is 0 Å². The lowest BCUT2D eigenvalue weighted by Crippen LogP contribution is -2.62. The summed E-state index contributed by atoms with van der Waals surface area (Å²) in [6.07, 6.45) is 3.38. The number of anilines is 1. The molecule has 0 aliphatic carbocycles. The van der Waals surface area contributed by atoms with Crippen molar-refractivity contribution < 1.29 is 28.1 Å². The Balaban J connectivity index is 1.72. The number of hydrogen-bond donors (Lipinski definition) is 1. The van der Waals surface area contributed by atoms with Crippen LogP contribution in [0, 0.1) is 0 Å². The Morgan fingerprint density at radius 2 is 1.76 bits per heavy atom. The van der Waals surface area contributed by atoms with Gasteiger partial charge in [0.15, 0.2) is 4.75 Å². The second kappa shape index (κ2) is 9.30. The maximum absolute atomic E-state index is 13.4. The van der Waals surface area contributed by atoms with E-state index in [4.69, 9.17) is 9.99 Å². The molecule has 162 valence electrons. The van der Waals surface area contributed by atoms with Crippen LogP contribution in [0.2, 0.25) is 0 Å². The van der Waals surface area contributed by atoms with E-state index in [0.29, 0.717) is 45.3 Å². The maximum atomic E-state index is 13.4. The Bertz CT molecular complexity index is 777. The van der Waals surface area contributed by atoms with Crippen LogP contribution in [0.5, 0.6) is 0 Å². The Morgan fingerprint density at radius 3 is 2.31 bits per heavy atom. The number of piperidine rings is 1. The predicted octanol–water partition coefficient (Wildman–Crippen LogP) is -0.574. The van der Waals surface area contributed by atoms with Gasteiger partial charge in [0.25, 0.3) is 0 Å². The molecule has 11 nitrogen and oxygen atoms in total. The zero-order chi connectivity index (χ0) is 20.9. The molecule has 12 heteroatoms. The fraction of sp³-hybridized carbons (Fsp3) is 0.706. The first-order chi connectivity index (χ1) is 13.9.